The summed E-state index contributed by atoms with van der Waals surface area (Å²) < 4.78 is 28.4. The Kier molecular flexibility index (Phi) is 9.12. The van der Waals surface area contributed by atoms with Crippen LogP contribution in [-0.2, 0) is 26.2 Å². The van der Waals surface area contributed by atoms with Crippen LogP contribution in [0.3, 0.4) is 0 Å². The van der Waals surface area contributed by atoms with Gasteiger partial charge in [0.25, 0.3) is 10.0 Å². The van der Waals surface area contributed by atoms with Crippen molar-refractivity contribution in [2.75, 3.05) is 17.9 Å². The van der Waals surface area contributed by atoms with E-state index in [1.54, 1.807) is 30.3 Å². The van der Waals surface area contributed by atoms with Gasteiger partial charge in [-0.2, -0.15) is 0 Å². The quantitative estimate of drug-likeness (QED) is 0.423. The van der Waals surface area contributed by atoms with Gasteiger partial charge in [-0.15, -0.1) is 0 Å². The first-order valence-electron chi connectivity index (χ1n) is 11.6. The number of nitrogens with zero attached hydrogens (tertiary/aromatic N) is 2. The predicted octanol–water partition coefficient (Wildman–Crippen LogP) is 4.40. The van der Waals surface area contributed by atoms with Crippen molar-refractivity contribution >= 4 is 39.1 Å². The second-order valence-corrected chi connectivity index (χ2v) is 10.6. The van der Waals surface area contributed by atoms with Gasteiger partial charge in [0.05, 0.1) is 10.6 Å². The smallest absolute Gasteiger partial charge is 0.264 e. The van der Waals surface area contributed by atoms with Crippen LogP contribution in [0.15, 0.2) is 83.8 Å². The Bertz CT molecular complexity index is 1300. The van der Waals surface area contributed by atoms with Crippen molar-refractivity contribution in [1.29, 1.82) is 0 Å². The highest BCUT2D eigenvalue weighted by Crippen LogP contribution is 2.25. The molecule has 0 saturated heterocycles. The van der Waals surface area contributed by atoms with E-state index in [0.29, 0.717) is 17.1 Å². The summed E-state index contributed by atoms with van der Waals surface area (Å²) in [6.07, 6.45) is 0.368. The van der Waals surface area contributed by atoms with Crippen LogP contribution in [-0.4, -0.2) is 44.8 Å². The first-order valence-corrected chi connectivity index (χ1v) is 13.4. The monoisotopic (exact) mass is 527 g/mol. The minimum Gasteiger partial charge on any atom is -0.357 e. The first-order chi connectivity index (χ1) is 17.2. The van der Waals surface area contributed by atoms with E-state index in [-0.39, 0.29) is 17.3 Å². The average Bonchev–Trinajstić information content (AvgIpc) is 2.88. The summed E-state index contributed by atoms with van der Waals surface area (Å²) in [6.45, 7) is 3.44. The number of hydrogen-bond acceptors (Lipinski definition) is 4. The molecule has 2 amide bonds. The number of amides is 2. The number of likely N-dealkylation sites (N-methyl/N-ethyl adjacent to an activating group) is 1. The highest BCUT2D eigenvalue weighted by molar-refractivity contribution is 7.92. The van der Waals surface area contributed by atoms with Crippen LogP contribution in [0.2, 0.25) is 5.02 Å². The zero-order valence-electron chi connectivity index (χ0n) is 20.5. The van der Waals surface area contributed by atoms with E-state index in [1.165, 1.54) is 36.2 Å². The van der Waals surface area contributed by atoms with Crippen LogP contribution in [0, 0.1) is 6.92 Å². The second kappa shape index (κ2) is 12.1. The first kappa shape index (κ1) is 27.2. The molecule has 0 heterocycles. The number of nitrogens with one attached hydrogen (secondary N) is 1. The molecule has 3 aromatic carbocycles. The van der Waals surface area contributed by atoms with Crippen molar-refractivity contribution in [3.8, 4) is 0 Å². The SMILES string of the molecule is CCC(C(=O)NC)N(Cc1ccccc1C)C(=O)CN(c1ccccc1)S(=O)(=O)c1ccc(Cl)cc1. The average molecular weight is 528 g/mol. The topological polar surface area (TPSA) is 86.8 Å². The van der Waals surface area contributed by atoms with Crippen molar-refractivity contribution in [1.82, 2.24) is 10.2 Å². The fourth-order valence-electron chi connectivity index (χ4n) is 3.91. The molecule has 0 aliphatic heterocycles. The van der Waals surface area contributed by atoms with E-state index < -0.39 is 28.5 Å². The van der Waals surface area contributed by atoms with Crippen molar-refractivity contribution in [3.63, 3.8) is 0 Å². The fraction of sp³-hybridized carbons (Fsp3) is 0.259. The van der Waals surface area contributed by atoms with Gasteiger partial charge in [-0.3, -0.25) is 13.9 Å². The molecule has 0 fully saturated rings. The molecule has 7 nitrogen and oxygen atoms in total. The summed E-state index contributed by atoms with van der Waals surface area (Å²) in [5.41, 5.74) is 2.18. The lowest BCUT2D eigenvalue weighted by atomic mass is 10.1. The van der Waals surface area contributed by atoms with Crippen LogP contribution >= 0.6 is 11.6 Å². The standard InChI is InChI=1S/C27H30ClN3O4S/c1-4-25(27(33)29-3)30(18-21-11-9-8-10-20(21)2)26(32)19-31(23-12-6-5-7-13-23)36(34,35)24-16-14-22(28)15-17-24/h5-17,25H,4,18-19H2,1-3H3,(H,29,33). The number of para-hydroxylation sites is 1. The minimum absolute atomic E-state index is 0.00681. The second-order valence-electron chi connectivity index (χ2n) is 8.29. The summed E-state index contributed by atoms with van der Waals surface area (Å²) >= 11 is 5.96. The maximum absolute atomic E-state index is 13.8. The van der Waals surface area contributed by atoms with Gasteiger partial charge in [-0.25, -0.2) is 8.42 Å². The summed E-state index contributed by atoms with van der Waals surface area (Å²) in [4.78, 5) is 28.0. The van der Waals surface area contributed by atoms with E-state index in [4.69, 9.17) is 11.6 Å². The molecule has 1 atom stereocenters. The normalized spacial score (nSPS) is 12.0. The zero-order chi connectivity index (χ0) is 26.3. The largest absolute Gasteiger partial charge is 0.357 e. The van der Waals surface area contributed by atoms with E-state index in [9.17, 15) is 18.0 Å². The van der Waals surface area contributed by atoms with Gasteiger partial charge in [-0.1, -0.05) is 61.0 Å². The molecule has 1 unspecified atom stereocenters. The Labute approximate surface area is 217 Å². The Balaban J connectivity index is 2.04. The molecule has 0 bridgehead atoms. The molecule has 0 spiro atoms. The third-order valence-electron chi connectivity index (χ3n) is 5.96. The van der Waals surface area contributed by atoms with Gasteiger partial charge < -0.3 is 10.2 Å². The fourth-order valence-corrected chi connectivity index (χ4v) is 5.45. The number of carbonyl (C=O) groups excluding carboxylic acids is 2. The van der Waals surface area contributed by atoms with Crippen LogP contribution in [0.25, 0.3) is 0 Å². The van der Waals surface area contributed by atoms with Crippen LogP contribution in [0.4, 0.5) is 5.69 Å². The molecule has 0 saturated carbocycles. The summed E-state index contributed by atoms with van der Waals surface area (Å²) in [5.74, 6) is -0.804. The summed E-state index contributed by atoms with van der Waals surface area (Å²) in [6, 6.07) is 21.0. The van der Waals surface area contributed by atoms with Gasteiger partial charge in [0.1, 0.15) is 12.6 Å². The van der Waals surface area contributed by atoms with E-state index in [1.807, 2.05) is 38.1 Å². The molecule has 0 aromatic heterocycles. The summed E-state index contributed by atoms with van der Waals surface area (Å²) in [7, 11) is -2.60. The third-order valence-corrected chi connectivity index (χ3v) is 8.00. The van der Waals surface area contributed by atoms with Gasteiger partial charge in [0, 0.05) is 18.6 Å². The van der Waals surface area contributed by atoms with Crippen molar-refractivity contribution in [2.45, 2.75) is 37.8 Å². The number of benzene rings is 3. The van der Waals surface area contributed by atoms with E-state index >= 15 is 0 Å². The molecular weight excluding hydrogens is 498 g/mol. The molecule has 0 radical (unpaired) electrons. The zero-order valence-corrected chi connectivity index (χ0v) is 22.1. The molecule has 9 heteroatoms. The number of hydrogen-bond donors (Lipinski definition) is 1. The molecule has 190 valence electrons. The lowest BCUT2D eigenvalue weighted by molar-refractivity contribution is -0.140. The Morgan fingerprint density at radius 1 is 0.944 bits per heavy atom. The number of sulfonamides is 1. The number of anilines is 1. The molecule has 3 rings (SSSR count). The van der Waals surface area contributed by atoms with Crippen LogP contribution in [0.1, 0.15) is 24.5 Å². The number of carbonyl (C=O) groups is 2. The number of halogens is 1. The minimum atomic E-state index is -4.11. The van der Waals surface area contributed by atoms with Crippen molar-refractivity contribution < 1.29 is 18.0 Å². The van der Waals surface area contributed by atoms with E-state index in [2.05, 4.69) is 5.32 Å². The molecule has 0 aliphatic carbocycles. The lowest BCUT2D eigenvalue weighted by Gasteiger charge is -2.33. The number of aryl methyl sites for hydroxylation is 1. The molecule has 3 aromatic rings. The highest BCUT2D eigenvalue weighted by Gasteiger charge is 2.33. The predicted molar refractivity (Wildman–Crippen MR) is 142 cm³/mol. The lowest BCUT2D eigenvalue weighted by Crippen LogP contribution is -2.51. The third kappa shape index (κ3) is 6.25. The Morgan fingerprint density at radius 3 is 2.14 bits per heavy atom. The molecule has 0 aliphatic rings. The highest BCUT2D eigenvalue weighted by atomic mass is 35.5. The van der Waals surface area contributed by atoms with Gasteiger partial charge in [-0.05, 0) is 60.9 Å². The van der Waals surface area contributed by atoms with E-state index in [0.717, 1.165) is 15.4 Å². The van der Waals surface area contributed by atoms with Gasteiger partial charge in [0.2, 0.25) is 11.8 Å². The maximum atomic E-state index is 13.8. The Hall–Kier alpha value is -3.36. The molecule has 36 heavy (non-hydrogen) atoms. The number of rotatable bonds is 10. The maximum Gasteiger partial charge on any atom is 0.264 e. The van der Waals surface area contributed by atoms with Crippen LogP contribution in [0.5, 0.6) is 0 Å². The van der Waals surface area contributed by atoms with Crippen molar-refractivity contribution in [3.05, 3.63) is 95.0 Å². The van der Waals surface area contributed by atoms with Crippen molar-refractivity contribution in [2.24, 2.45) is 0 Å². The Morgan fingerprint density at radius 2 is 1.56 bits per heavy atom. The summed E-state index contributed by atoms with van der Waals surface area (Å²) in [5, 5.41) is 3.02. The molecule has 1 N–H and O–H groups in total. The van der Waals surface area contributed by atoms with Gasteiger partial charge >= 0.3 is 0 Å². The van der Waals surface area contributed by atoms with Crippen LogP contribution < -0.4 is 9.62 Å². The molecular formula is C27H30ClN3O4S. The van der Waals surface area contributed by atoms with Gasteiger partial charge in [0.15, 0.2) is 0 Å².